The van der Waals surface area contributed by atoms with Crippen LogP contribution in [0.3, 0.4) is 0 Å². The van der Waals surface area contributed by atoms with Crippen molar-refractivity contribution in [3.05, 3.63) is 58.8 Å². The summed E-state index contributed by atoms with van der Waals surface area (Å²) in [4.78, 5) is 23.1. The summed E-state index contributed by atoms with van der Waals surface area (Å²) in [5.41, 5.74) is 4.45. The van der Waals surface area contributed by atoms with Crippen molar-refractivity contribution in [2.24, 2.45) is 0 Å². The van der Waals surface area contributed by atoms with Crippen molar-refractivity contribution in [1.29, 1.82) is 0 Å². The Morgan fingerprint density at radius 2 is 1.77 bits per heavy atom. The van der Waals surface area contributed by atoms with E-state index in [1.807, 2.05) is 13.0 Å². The number of hydrogen-bond donors (Lipinski definition) is 0. The van der Waals surface area contributed by atoms with Gasteiger partial charge in [0.05, 0.1) is 0 Å². The van der Waals surface area contributed by atoms with Crippen LogP contribution in [-0.2, 0) is 0 Å². The zero-order chi connectivity index (χ0) is 22.2. The summed E-state index contributed by atoms with van der Waals surface area (Å²) >= 11 is 0. The maximum Gasteiger partial charge on any atom is 0.151 e. The molecule has 2 fully saturated rings. The summed E-state index contributed by atoms with van der Waals surface area (Å²) in [6, 6.07) is 2.63. The summed E-state index contributed by atoms with van der Waals surface area (Å²) in [6.07, 6.45) is 13.9. The van der Waals surface area contributed by atoms with Gasteiger partial charge < -0.3 is 4.90 Å². The van der Waals surface area contributed by atoms with Crippen LogP contribution in [0.1, 0.15) is 49.5 Å². The van der Waals surface area contributed by atoms with Crippen LogP contribution < -0.4 is 4.90 Å². The molecule has 2 aliphatic rings. The van der Waals surface area contributed by atoms with Gasteiger partial charge >= 0.3 is 0 Å². The van der Waals surface area contributed by atoms with Crippen LogP contribution in [0.25, 0.3) is 0 Å². The molecular formula is C26H38N4O. The highest BCUT2D eigenvalue weighted by molar-refractivity contribution is 5.75. The third kappa shape index (κ3) is 6.37. The molecule has 2 aliphatic heterocycles. The van der Waals surface area contributed by atoms with Crippen LogP contribution in [0.15, 0.2) is 47.7 Å². The summed E-state index contributed by atoms with van der Waals surface area (Å²) < 4.78 is 0. The van der Waals surface area contributed by atoms with Crippen LogP contribution in [0.2, 0.25) is 0 Å². The van der Waals surface area contributed by atoms with E-state index in [-0.39, 0.29) is 0 Å². The summed E-state index contributed by atoms with van der Waals surface area (Å²) in [5, 5.41) is 0. The van der Waals surface area contributed by atoms with Gasteiger partial charge in [-0.25, -0.2) is 4.98 Å². The lowest BCUT2D eigenvalue weighted by Crippen LogP contribution is -2.53. The zero-order valence-corrected chi connectivity index (χ0v) is 19.7. The van der Waals surface area contributed by atoms with E-state index in [2.05, 4.69) is 64.8 Å². The van der Waals surface area contributed by atoms with Crippen molar-refractivity contribution in [2.75, 3.05) is 50.7 Å². The number of likely N-dealkylation sites (tertiary alicyclic amines) is 1. The highest BCUT2D eigenvalue weighted by Gasteiger charge is 2.28. The summed E-state index contributed by atoms with van der Waals surface area (Å²) in [6.45, 7) is 16.0. The van der Waals surface area contributed by atoms with E-state index < -0.39 is 0 Å². The third-order valence-electron chi connectivity index (χ3n) is 6.69. The molecule has 0 unspecified atom stereocenters. The van der Waals surface area contributed by atoms with Gasteiger partial charge in [-0.05, 0) is 70.8 Å². The molecule has 2 saturated heterocycles. The number of pyridine rings is 1. The number of piperidine rings is 1. The van der Waals surface area contributed by atoms with Crippen molar-refractivity contribution in [1.82, 2.24) is 14.8 Å². The highest BCUT2D eigenvalue weighted by Crippen LogP contribution is 2.23. The van der Waals surface area contributed by atoms with Gasteiger partial charge in [0.2, 0.25) is 0 Å². The number of rotatable bonds is 7. The van der Waals surface area contributed by atoms with Crippen LogP contribution in [0.4, 0.5) is 5.82 Å². The monoisotopic (exact) mass is 422 g/mol. The highest BCUT2D eigenvalue weighted by atomic mass is 16.1. The number of allylic oxidation sites excluding steroid dienone is 4. The molecule has 0 aliphatic carbocycles. The molecular weight excluding hydrogens is 384 g/mol. The van der Waals surface area contributed by atoms with Gasteiger partial charge in [0.15, 0.2) is 6.29 Å². The lowest BCUT2D eigenvalue weighted by atomic mass is 10.0. The lowest BCUT2D eigenvalue weighted by molar-refractivity contribution is 0.108. The number of anilines is 1. The summed E-state index contributed by atoms with van der Waals surface area (Å²) in [7, 11) is 0. The molecule has 0 N–H and O–H groups in total. The van der Waals surface area contributed by atoms with Gasteiger partial charge in [-0.15, -0.1) is 0 Å². The van der Waals surface area contributed by atoms with Crippen LogP contribution in [-0.4, -0.2) is 72.9 Å². The van der Waals surface area contributed by atoms with Crippen LogP contribution in [0, 0.1) is 6.92 Å². The van der Waals surface area contributed by atoms with Crippen molar-refractivity contribution in [3.63, 3.8) is 0 Å². The second-order valence-corrected chi connectivity index (χ2v) is 8.79. The molecule has 0 spiro atoms. The normalized spacial score (nSPS) is 20.6. The Bertz CT molecular complexity index is 826. The number of aryl methyl sites for hydroxylation is 1. The van der Waals surface area contributed by atoms with E-state index in [0.29, 0.717) is 11.6 Å². The van der Waals surface area contributed by atoms with Gasteiger partial charge in [0.25, 0.3) is 0 Å². The zero-order valence-electron chi connectivity index (χ0n) is 19.7. The van der Waals surface area contributed by atoms with Gasteiger partial charge in [-0.3, -0.25) is 14.6 Å². The quantitative estimate of drug-likeness (QED) is 0.485. The van der Waals surface area contributed by atoms with Crippen LogP contribution >= 0.6 is 0 Å². The molecule has 5 nitrogen and oxygen atoms in total. The molecule has 31 heavy (non-hydrogen) atoms. The Labute approximate surface area is 188 Å². The van der Waals surface area contributed by atoms with E-state index in [1.54, 1.807) is 6.20 Å². The van der Waals surface area contributed by atoms with Crippen molar-refractivity contribution in [3.8, 4) is 0 Å². The number of hydrogen-bond acceptors (Lipinski definition) is 5. The third-order valence-corrected chi connectivity index (χ3v) is 6.69. The SMILES string of the molecule is C\C=C(C)/C=C\C(=C/C)CN1CCC(N2CCN(c3ncc(C=O)cc3C)CC2)CC1. The number of aromatic nitrogens is 1. The first kappa shape index (κ1) is 23.4. The second kappa shape index (κ2) is 11.4. The van der Waals surface area contributed by atoms with Crippen molar-refractivity contribution >= 4 is 12.1 Å². The molecule has 0 bridgehead atoms. The molecule has 1 aromatic heterocycles. The maximum absolute atomic E-state index is 11.0. The van der Waals surface area contributed by atoms with Gasteiger partial charge in [-0.2, -0.15) is 0 Å². The average molecular weight is 423 g/mol. The van der Waals surface area contributed by atoms with E-state index >= 15 is 0 Å². The van der Waals surface area contributed by atoms with E-state index in [1.165, 1.54) is 37.1 Å². The summed E-state index contributed by atoms with van der Waals surface area (Å²) in [5.74, 6) is 1.03. The number of piperazine rings is 1. The number of carbonyl (C=O) groups is 1. The predicted molar refractivity (Wildman–Crippen MR) is 130 cm³/mol. The average Bonchev–Trinajstić information content (AvgIpc) is 2.82. The Morgan fingerprint density at radius 1 is 1.06 bits per heavy atom. The van der Waals surface area contributed by atoms with Gasteiger partial charge in [0, 0.05) is 50.5 Å². The van der Waals surface area contributed by atoms with Crippen molar-refractivity contribution in [2.45, 2.75) is 46.6 Å². The molecule has 0 saturated carbocycles. The van der Waals surface area contributed by atoms with E-state index in [0.717, 1.165) is 50.4 Å². The minimum Gasteiger partial charge on any atom is -0.354 e. The molecule has 0 aromatic carbocycles. The fraction of sp³-hybridized carbons (Fsp3) is 0.538. The molecule has 3 rings (SSSR count). The minimum atomic E-state index is 0.653. The van der Waals surface area contributed by atoms with Gasteiger partial charge in [0.1, 0.15) is 5.82 Å². The smallest absolute Gasteiger partial charge is 0.151 e. The molecule has 168 valence electrons. The van der Waals surface area contributed by atoms with Gasteiger partial charge in [-0.1, -0.05) is 29.9 Å². The molecule has 5 heteroatoms. The molecule has 0 amide bonds. The first-order valence-electron chi connectivity index (χ1n) is 11.6. The number of aldehydes is 1. The predicted octanol–water partition coefficient (Wildman–Crippen LogP) is 4.26. The van der Waals surface area contributed by atoms with E-state index in [4.69, 9.17) is 0 Å². The fourth-order valence-corrected chi connectivity index (χ4v) is 4.56. The van der Waals surface area contributed by atoms with E-state index in [9.17, 15) is 4.79 Å². The largest absolute Gasteiger partial charge is 0.354 e. The van der Waals surface area contributed by atoms with Crippen molar-refractivity contribution < 1.29 is 4.79 Å². The molecule has 0 radical (unpaired) electrons. The lowest BCUT2D eigenvalue weighted by Gasteiger charge is -2.43. The maximum atomic E-state index is 11.0. The Morgan fingerprint density at radius 3 is 2.35 bits per heavy atom. The number of nitrogens with zero attached hydrogens (tertiary/aromatic N) is 4. The second-order valence-electron chi connectivity index (χ2n) is 8.79. The fourth-order valence-electron chi connectivity index (χ4n) is 4.56. The first-order chi connectivity index (χ1) is 15.0. The Hall–Kier alpha value is -2.24. The first-order valence-corrected chi connectivity index (χ1v) is 11.6. The number of carbonyl (C=O) groups excluding carboxylic acids is 1. The molecule has 3 heterocycles. The van der Waals surface area contributed by atoms with Crippen LogP contribution in [0.5, 0.6) is 0 Å². The Kier molecular flexibility index (Phi) is 8.61. The minimum absolute atomic E-state index is 0.653. The topological polar surface area (TPSA) is 39.7 Å². The molecule has 0 atom stereocenters. The standard InChI is InChI=1S/C26H38N4O/c1-5-21(3)7-8-23(6-2)19-28-11-9-25(10-12-28)29-13-15-30(16-14-29)26-22(4)17-24(20-31)18-27-26/h5-8,17-18,20,25H,9-16,19H2,1-4H3/b8-7-,21-5-,23-6+. The Balaban J connectivity index is 1.46. The molecule has 1 aromatic rings.